The lowest BCUT2D eigenvalue weighted by Crippen LogP contribution is -2.44. The van der Waals surface area contributed by atoms with Crippen LogP contribution in [0.25, 0.3) is 0 Å². The monoisotopic (exact) mass is 219 g/mol. The molecular formula is C14H21NO. The third-order valence-corrected chi connectivity index (χ3v) is 3.02. The van der Waals surface area contributed by atoms with Crippen LogP contribution in [0.3, 0.4) is 0 Å². The van der Waals surface area contributed by atoms with Crippen LogP contribution in [0.5, 0.6) is 0 Å². The molecule has 1 aromatic carbocycles. The summed E-state index contributed by atoms with van der Waals surface area (Å²) in [4.78, 5) is 2.48. The van der Waals surface area contributed by atoms with Crippen molar-refractivity contribution in [3.8, 4) is 0 Å². The van der Waals surface area contributed by atoms with E-state index in [9.17, 15) is 0 Å². The molecule has 0 bridgehead atoms. The van der Waals surface area contributed by atoms with Crippen molar-refractivity contribution in [3.05, 3.63) is 35.4 Å². The Hall–Kier alpha value is -0.860. The van der Waals surface area contributed by atoms with E-state index in [1.165, 1.54) is 11.1 Å². The second-order valence-corrected chi connectivity index (χ2v) is 4.94. The SMILES string of the molecule is Cc1ccc(CN2C[C@@H](C)O[C@H](C)C2)cc1. The zero-order chi connectivity index (χ0) is 11.5. The topological polar surface area (TPSA) is 12.5 Å². The fourth-order valence-electron chi connectivity index (χ4n) is 2.37. The van der Waals surface area contributed by atoms with Crippen molar-refractivity contribution < 1.29 is 4.74 Å². The van der Waals surface area contributed by atoms with E-state index in [4.69, 9.17) is 4.74 Å². The number of hydrogen-bond acceptors (Lipinski definition) is 2. The van der Waals surface area contributed by atoms with Crippen LogP contribution in [0.15, 0.2) is 24.3 Å². The third-order valence-electron chi connectivity index (χ3n) is 3.02. The first-order valence-corrected chi connectivity index (χ1v) is 6.07. The molecule has 1 saturated heterocycles. The molecule has 2 atom stereocenters. The predicted molar refractivity (Wildman–Crippen MR) is 66.5 cm³/mol. The fraction of sp³-hybridized carbons (Fsp3) is 0.571. The van der Waals surface area contributed by atoms with Crippen LogP contribution in [0, 0.1) is 6.92 Å². The maximum Gasteiger partial charge on any atom is 0.0678 e. The molecule has 2 nitrogen and oxygen atoms in total. The van der Waals surface area contributed by atoms with E-state index in [-0.39, 0.29) is 0 Å². The highest BCUT2D eigenvalue weighted by atomic mass is 16.5. The highest BCUT2D eigenvalue weighted by Gasteiger charge is 2.21. The molecule has 0 aliphatic carbocycles. The lowest BCUT2D eigenvalue weighted by molar-refractivity contribution is -0.0704. The minimum absolute atomic E-state index is 0.356. The van der Waals surface area contributed by atoms with E-state index in [0.717, 1.165) is 19.6 Å². The summed E-state index contributed by atoms with van der Waals surface area (Å²) in [6.45, 7) is 9.55. The number of ether oxygens (including phenoxy) is 1. The lowest BCUT2D eigenvalue weighted by Gasteiger charge is -2.35. The van der Waals surface area contributed by atoms with Crippen molar-refractivity contribution >= 4 is 0 Å². The predicted octanol–water partition coefficient (Wildman–Crippen LogP) is 2.60. The zero-order valence-corrected chi connectivity index (χ0v) is 10.4. The van der Waals surface area contributed by atoms with Gasteiger partial charge in [0.2, 0.25) is 0 Å². The molecule has 0 radical (unpaired) electrons. The van der Waals surface area contributed by atoms with Crippen LogP contribution in [0.2, 0.25) is 0 Å². The van der Waals surface area contributed by atoms with Gasteiger partial charge in [0.05, 0.1) is 12.2 Å². The standard InChI is InChI=1S/C14H21NO/c1-11-4-6-14(7-5-11)10-15-8-12(2)16-13(3)9-15/h4-7,12-13H,8-10H2,1-3H3/t12-,13-/m1/s1. The van der Waals surface area contributed by atoms with Crippen molar-refractivity contribution in [2.24, 2.45) is 0 Å². The Balaban J connectivity index is 1.96. The molecular weight excluding hydrogens is 198 g/mol. The average molecular weight is 219 g/mol. The fourth-order valence-corrected chi connectivity index (χ4v) is 2.37. The van der Waals surface area contributed by atoms with E-state index >= 15 is 0 Å². The van der Waals surface area contributed by atoms with Crippen molar-refractivity contribution in [1.82, 2.24) is 4.90 Å². The molecule has 1 aliphatic heterocycles. The zero-order valence-electron chi connectivity index (χ0n) is 10.4. The first kappa shape index (κ1) is 11.6. The van der Waals surface area contributed by atoms with Crippen LogP contribution in [0.4, 0.5) is 0 Å². The summed E-state index contributed by atoms with van der Waals surface area (Å²) >= 11 is 0. The number of hydrogen-bond donors (Lipinski definition) is 0. The van der Waals surface area contributed by atoms with Gasteiger partial charge in [0.15, 0.2) is 0 Å². The summed E-state index contributed by atoms with van der Waals surface area (Å²) in [5, 5.41) is 0. The molecule has 0 saturated carbocycles. The van der Waals surface area contributed by atoms with Gasteiger partial charge in [0, 0.05) is 19.6 Å². The Morgan fingerprint density at radius 2 is 1.69 bits per heavy atom. The van der Waals surface area contributed by atoms with E-state index in [2.05, 4.69) is 49.9 Å². The van der Waals surface area contributed by atoms with Crippen LogP contribution in [-0.4, -0.2) is 30.2 Å². The third kappa shape index (κ3) is 3.06. The Morgan fingerprint density at radius 3 is 2.25 bits per heavy atom. The summed E-state index contributed by atoms with van der Waals surface area (Å²) in [7, 11) is 0. The smallest absolute Gasteiger partial charge is 0.0678 e. The molecule has 1 fully saturated rings. The van der Waals surface area contributed by atoms with E-state index in [0.29, 0.717) is 12.2 Å². The highest BCUT2D eigenvalue weighted by Crippen LogP contribution is 2.14. The highest BCUT2D eigenvalue weighted by molar-refractivity contribution is 5.21. The van der Waals surface area contributed by atoms with Gasteiger partial charge in [-0.15, -0.1) is 0 Å². The number of benzene rings is 1. The largest absolute Gasteiger partial charge is 0.373 e. The molecule has 0 unspecified atom stereocenters. The van der Waals surface area contributed by atoms with Gasteiger partial charge in [-0.2, -0.15) is 0 Å². The summed E-state index contributed by atoms with van der Waals surface area (Å²) in [6.07, 6.45) is 0.711. The summed E-state index contributed by atoms with van der Waals surface area (Å²) < 4.78 is 5.73. The van der Waals surface area contributed by atoms with Crippen LogP contribution < -0.4 is 0 Å². The Bertz CT molecular complexity index is 323. The molecule has 0 amide bonds. The number of morpholine rings is 1. The average Bonchev–Trinajstić information content (AvgIpc) is 2.20. The van der Waals surface area contributed by atoms with Crippen molar-refractivity contribution in [2.45, 2.75) is 39.5 Å². The molecule has 1 heterocycles. The normalized spacial score (nSPS) is 26.9. The first-order valence-electron chi connectivity index (χ1n) is 6.07. The van der Waals surface area contributed by atoms with Crippen molar-refractivity contribution in [3.63, 3.8) is 0 Å². The quantitative estimate of drug-likeness (QED) is 0.758. The first-order chi connectivity index (χ1) is 7.63. The van der Waals surface area contributed by atoms with Gasteiger partial charge in [0.25, 0.3) is 0 Å². The van der Waals surface area contributed by atoms with Gasteiger partial charge in [-0.1, -0.05) is 29.8 Å². The van der Waals surface area contributed by atoms with Gasteiger partial charge >= 0.3 is 0 Å². The van der Waals surface area contributed by atoms with E-state index in [1.54, 1.807) is 0 Å². The van der Waals surface area contributed by atoms with E-state index in [1.807, 2.05) is 0 Å². The van der Waals surface area contributed by atoms with Crippen LogP contribution in [-0.2, 0) is 11.3 Å². The van der Waals surface area contributed by atoms with Crippen molar-refractivity contribution in [1.29, 1.82) is 0 Å². The summed E-state index contributed by atoms with van der Waals surface area (Å²) in [6, 6.07) is 8.81. The van der Waals surface area contributed by atoms with Gasteiger partial charge in [-0.3, -0.25) is 4.90 Å². The van der Waals surface area contributed by atoms with Crippen molar-refractivity contribution in [2.75, 3.05) is 13.1 Å². The summed E-state index contributed by atoms with van der Waals surface area (Å²) in [5.41, 5.74) is 2.72. The van der Waals surface area contributed by atoms with Crippen LogP contribution >= 0.6 is 0 Å². The van der Waals surface area contributed by atoms with Gasteiger partial charge in [-0.05, 0) is 26.3 Å². The second kappa shape index (κ2) is 4.98. The Labute approximate surface area is 98.2 Å². The Morgan fingerprint density at radius 1 is 1.12 bits per heavy atom. The molecule has 1 aromatic rings. The number of nitrogens with zero attached hydrogens (tertiary/aromatic N) is 1. The Kier molecular flexibility index (Phi) is 3.62. The molecule has 1 aliphatic rings. The van der Waals surface area contributed by atoms with Gasteiger partial charge in [0.1, 0.15) is 0 Å². The lowest BCUT2D eigenvalue weighted by atomic mass is 10.1. The number of rotatable bonds is 2. The molecule has 0 N–H and O–H groups in total. The minimum Gasteiger partial charge on any atom is -0.373 e. The molecule has 0 aromatic heterocycles. The van der Waals surface area contributed by atoms with Crippen LogP contribution in [0.1, 0.15) is 25.0 Å². The minimum atomic E-state index is 0.356. The maximum atomic E-state index is 5.73. The van der Waals surface area contributed by atoms with E-state index < -0.39 is 0 Å². The summed E-state index contributed by atoms with van der Waals surface area (Å²) in [5.74, 6) is 0. The molecule has 16 heavy (non-hydrogen) atoms. The van der Waals surface area contributed by atoms with Gasteiger partial charge < -0.3 is 4.74 Å². The molecule has 2 heteroatoms. The second-order valence-electron chi connectivity index (χ2n) is 4.94. The maximum absolute atomic E-state index is 5.73. The van der Waals surface area contributed by atoms with Gasteiger partial charge in [-0.25, -0.2) is 0 Å². The number of aryl methyl sites for hydroxylation is 1. The molecule has 0 spiro atoms. The molecule has 88 valence electrons. The molecule has 2 rings (SSSR count).